The third-order valence-electron chi connectivity index (χ3n) is 4.40. The molecule has 2 fully saturated rings. The number of carbonyl (C=O) groups is 1. The van der Waals surface area contributed by atoms with E-state index in [1.165, 1.54) is 25.9 Å². The Morgan fingerprint density at radius 3 is 2.45 bits per heavy atom. The lowest BCUT2D eigenvalue weighted by atomic mass is 9.91. The van der Waals surface area contributed by atoms with E-state index >= 15 is 0 Å². The molecule has 0 bridgehead atoms. The van der Waals surface area contributed by atoms with Crippen molar-refractivity contribution in [1.82, 2.24) is 10.2 Å². The van der Waals surface area contributed by atoms with Crippen LogP contribution >= 0.6 is 0 Å². The first kappa shape index (κ1) is 15.8. The van der Waals surface area contributed by atoms with Gasteiger partial charge < -0.3 is 10.1 Å². The van der Waals surface area contributed by atoms with E-state index in [2.05, 4.69) is 17.1 Å². The normalized spacial score (nSPS) is 30.2. The molecular formula is C16H30N2O2. The van der Waals surface area contributed by atoms with Crippen molar-refractivity contribution >= 4 is 5.97 Å². The van der Waals surface area contributed by atoms with Gasteiger partial charge in [0.2, 0.25) is 0 Å². The van der Waals surface area contributed by atoms with Crippen molar-refractivity contribution in [2.24, 2.45) is 11.8 Å². The van der Waals surface area contributed by atoms with Crippen molar-refractivity contribution in [2.45, 2.75) is 58.6 Å². The summed E-state index contributed by atoms with van der Waals surface area (Å²) < 4.78 is 5.53. The molecule has 20 heavy (non-hydrogen) atoms. The summed E-state index contributed by atoms with van der Waals surface area (Å²) in [4.78, 5) is 14.8. The van der Waals surface area contributed by atoms with Gasteiger partial charge in [0, 0.05) is 19.1 Å². The van der Waals surface area contributed by atoms with Crippen LogP contribution < -0.4 is 5.32 Å². The zero-order valence-corrected chi connectivity index (χ0v) is 13.4. The number of esters is 1. The van der Waals surface area contributed by atoms with Gasteiger partial charge in [0.05, 0.1) is 5.92 Å². The smallest absolute Gasteiger partial charge is 0.310 e. The maximum atomic E-state index is 12.2. The van der Waals surface area contributed by atoms with Crippen LogP contribution in [0.3, 0.4) is 0 Å². The zero-order valence-electron chi connectivity index (χ0n) is 13.4. The van der Waals surface area contributed by atoms with Gasteiger partial charge in [-0.05, 0) is 59.0 Å². The standard InChI is InChI=1S/C16H30N2O2/c1-12-5-7-18(8-6-12)14-9-13(10-17-11-14)15(19)20-16(2,3)4/h12-14,17H,5-11H2,1-4H3. The van der Waals surface area contributed by atoms with Crippen LogP contribution in [0.15, 0.2) is 0 Å². The highest BCUT2D eigenvalue weighted by Gasteiger charge is 2.33. The number of carbonyl (C=O) groups excluding carboxylic acids is 1. The number of rotatable bonds is 2. The van der Waals surface area contributed by atoms with E-state index in [4.69, 9.17) is 4.74 Å². The monoisotopic (exact) mass is 282 g/mol. The lowest BCUT2D eigenvalue weighted by molar-refractivity contribution is -0.161. The Balaban J connectivity index is 1.86. The van der Waals surface area contributed by atoms with E-state index in [0.717, 1.165) is 25.4 Å². The minimum Gasteiger partial charge on any atom is -0.460 e. The molecule has 4 heteroatoms. The second-order valence-corrected chi connectivity index (χ2v) is 7.50. The molecule has 116 valence electrons. The molecule has 2 atom stereocenters. The van der Waals surface area contributed by atoms with Crippen LogP contribution in [0, 0.1) is 11.8 Å². The maximum Gasteiger partial charge on any atom is 0.310 e. The highest BCUT2D eigenvalue weighted by atomic mass is 16.6. The summed E-state index contributed by atoms with van der Waals surface area (Å²) in [7, 11) is 0. The van der Waals surface area contributed by atoms with E-state index in [9.17, 15) is 4.79 Å². The minimum absolute atomic E-state index is 0.00678. The second-order valence-electron chi connectivity index (χ2n) is 7.50. The number of nitrogens with zero attached hydrogens (tertiary/aromatic N) is 1. The van der Waals surface area contributed by atoms with Crippen molar-refractivity contribution in [3.05, 3.63) is 0 Å². The summed E-state index contributed by atoms with van der Waals surface area (Å²) in [6.07, 6.45) is 3.51. The number of hydrogen-bond acceptors (Lipinski definition) is 4. The quantitative estimate of drug-likeness (QED) is 0.787. The molecule has 2 rings (SSSR count). The van der Waals surface area contributed by atoms with E-state index in [1.807, 2.05) is 20.8 Å². The van der Waals surface area contributed by atoms with Crippen LogP contribution in [0.5, 0.6) is 0 Å². The SMILES string of the molecule is CC1CCN(C2CNCC(C(=O)OC(C)(C)C)C2)CC1. The molecule has 2 saturated heterocycles. The van der Waals surface area contributed by atoms with Gasteiger partial charge in [0.25, 0.3) is 0 Å². The molecule has 0 aromatic rings. The fourth-order valence-corrected chi connectivity index (χ4v) is 3.16. The minimum atomic E-state index is -0.384. The van der Waals surface area contributed by atoms with Gasteiger partial charge >= 0.3 is 5.97 Å². The molecule has 0 aliphatic carbocycles. The fourth-order valence-electron chi connectivity index (χ4n) is 3.16. The molecule has 0 aromatic heterocycles. The first-order chi connectivity index (χ1) is 9.35. The van der Waals surface area contributed by atoms with Crippen molar-refractivity contribution in [1.29, 1.82) is 0 Å². The van der Waals surface area contributed by atoms with Crippen molar-refractivity contribution < 1.29 is 9.53 Å². The average molecular weight is 282 g/mol. The Labute approximate surface area is 123 Å². The third kappa shape index (κ3) is 4.45. The van der Waals surface area contributed by atoms with Crippen molar-refractivity contribution in [2.75, 3.05) is 26.2 Å². The Bertz CT molecular complexity index is 330. The Kier molecular flexibility index (Phi) is 5.08. The lowest BCUT2D eigenvalue weighted by Gasteiger charge is -2.40. The summed E-state index contributed by atoms with van der Waals surface area (Å²) in [6.45, 7) is 12.3. The molecule has 1 N–H and O–H groups in total. The van der Waals surface area contributed by atoms with Gasteiger partial charge in [-0.3, -0.25) is 9.69 Å². The topological polar surface area (TPSA) is 41.6 Å². The number of piperidine rings is 2. The number of hydrogen-bond donors (Lipinski definition) is 1. The van der Waals surface area contributed by atoms with Crippen LogP contribution in [-0.4, -0.2) is 48.7 Å². The van der Waals surface area contributed by atoms with Gasteiger partial charge in [-0.15, -0.1) is 0 Å². The molecule has 0 amide bonds. The van der Waals surface area contributed by atoms with Gasteiger partial charge in [0.1, 0.15) is 5.60 Å². The number of likely N-dealkylation sites (tertiary alicyclic amines) is 1. The lowest BCUT2D eigenvalue weighted by Crippen LogP contribution is -2.53. The van der Waals surface area contributed by atoms with Crippen LogP contribution in [0.25, 0.3) is 0 Å². The Hall–Kier alpha value is -0.610. The molecule has 0 aromatic carbocycles. The van der Waals surface area contributed by atoms with Crippen LogP contribution in [-0.2, 0) is 9.53 Å². The summed E-state index contributed by atoms with van der Waals surface area (Å²) >= 11 is 0. The third-order valence-corrected chi connectivity index (χ3v) is 4.40. The number of ether oxygens (including phenoxy) is 1. The molecule has 4 nitrogen and oxygen atoms in total. The predicted molar refractivity (Wildman–Crippen MR) is 80.6 cm³/mol. The summed E-state index contributed by atoms with van der Waals surface area (Å²) in [5.74, 6) is 0.817. The second kappa shape index (κ2) is 6.44. The fraction of sp³-hybridized carbons (Fsp3) is 0.938. The van der Waals surface area contributed by atoms with Gasteiger partial charge in [-0.2, -0.15) is 0 Å². The molecular weight excluding hydrogens is 252 g/mol. The summed E-state index contributed by atoms with van der Waals surface area (Å²) in [6, 6.07) is 0.494. The highest BCUT2D eigenvalue weighted by molar-refractivity contribution is 5.73. The van der Waals surface area contributed by atoms with E-state index < -0.39 is 0 Å². The predicted octanol–water partition coefficient (Wildman–Crippen LogP) is 2.04. The van der Waals surface area contributed by atoms with Gasteiger partial charge in [0.15, 0.2) is 0 Å². The van der Waals surface area contributed by atoms with E-state index in [1.54, 1.807) is 0 Å². The maximum absolute atomic E-state index is 12.2. The van der Waals surface area contributed by atoms with Crippen LogP contribution in [0.2, 0.25) is 0 Å². The number of nitrogens with one attached hydrogen (secondary N) is 1. The molecule has 2 heterocycles. The zero-order chi connectivity index (χ0) is 14.8. The molecule has 0 spiro atoms. The molecule has 2 aliphatic rings. The average Bonchev–Trinajstić information content (AvgIpc) is 2.38. The largest absolute Gasteiger partial charge is 0.460 e. The van der Waals surface area contributed by atoms with Gasteiger partial charge in [-0.25, -0.2) is 0 Å². The molecule has 2 unspecified atom stereocenters. The molecule has 0 saturated carbocycles. The van der Waals surface area contributed by atoms with E-state index in [0.29, 0.717) is 6.04 Å². The van der Waals surface area contributed by atoms with Crippen molar-refractivity contribution in [3.8, 4) is 0 Å². The van der Waals surface area contributed by atoms with E-state index in [-0.39, 0.29) is 17.5 Å². The Morgan fingerprint density at radius 2 is 1.85 bits per heavy atom. The van der Waals surface area contributed by atoms with Crippen molar-refractivity contribution in [3.63, 3.8) is 0 Å². The van der Waals surface area contributed by atoms with Gasteiger partial charge in [-0.1, -0.05) is 6.92 Å². The molecule has 2 aliphatic heterocycles. The molecule has 0 radical (unpaired) electrons. The summed E-state index contributed by atoms with van der Waals surface area (Å²) in [5.41, 5.74) is -0.384. The van der Waals surface area contributed by atoms with Crippen LogP contribution in [0.4, 0.5) is 0 Å². The Morgan fingerprint density at radius 1 is 1.20 bits per heavy atom. The first-order valence-corrected chi connectivity index (χ1v) is 8.03. The summed E-state index contributed by atoms with van der Waals surface area (Å²) in [5, 5.41) is 3.42. The highest BCUT2D eigenvalue weighted by Crippen LogP contribution is 2.24. The van der Waals surface area contributed by atoms with Crippen LogP contribution in [0.1, 0.15) is 47.0 Å². The first-order valence-electron chi connectivity index (χ1n) is 8.03.